The lowest BCUT2D eigenvalue weighted by Gasteiger charge is -2.23. The molecule has 1 saturated heterocycles. The van der Waals surface area contributed by atoms with E-state index in [-0.39, 0.29) is 24.2 Å². The zero-order valence-corrected chi connectivity index (χ0v) is 12.9. The topological polar surface area (TPSA) is 41.1 Å². The smallest absolute Gasteiger partial charge is 0.223 e. The van der Waals surface area contributed by atoms with Gasteiger partial charge in [-0.05, 0) is 55.5 Å². The molecule has 1 amide bonds. The predicted octanol–water partition coefficient (Wildman–Crippen LogP) is 2.77. The van der Waals surface area contributed by atoms with E-state index in [1.54, 1.807) is 0 Å². The Morgan fingerprint density at radius 3 is 2.60 bits per heavy atom. The molecule has 5 heteroatoms. The van der Waals surface area contributed by atoms with E-state index in [1.807, 2.05) is 24.3 Å². The molecule has 1 aliphatic heterocycles. The van der Waals surface area contributed by atoms with Gasteiger partial charge in [0.1, 0.15) is 0 Å². The normalized spacial score (nSPS) is 22.9. The standard InChI is InChI=1S/C15H19ClN2O.ClH/c16-12-3-1-11(2-4-12)10-18-14(19)13-9-15(13)5-7-17-8-6-15;/h1-4,13,17H,5-10H2,(H,18,19);1H. The Kier molecular flexibility index (Phi) is 4.95. The number of halogens is 2. The van der Waals surface area contributed by atoms with Gasteiger partial charge in [0.25, 0.3) is 0 Å². The molecule has 0 aromatic heterocycles. The first kappa shape index (κ1) is 15.6. The van der Waals surface area contributed by atoms with Crippen LogP contribution in [-0.2, 0) is 11.3 Å². The molecule has 1 aromatic rings. The molecule has 1 saturated carbocycles. The molecule has 1 aliphatic carbocycles. The summed E-state index contributed by atoms with van der Waals surface area (Å²) < 4.78 is 0. The fraction of sp³-hybridized carbons (Fsp3) is 0.533. The van der Waals surface area contributed by atoms with Crippen LogP contribution in [0.3, 0.4) is 0 Å². The number of rotatable bonds is 3. The van der Waals surface area contributed by atoms with Gasteiger partial charge < -0.3 is 10.6 Å². The highest BCUT2D eigenvalue weighted by atomic mass is 35.5. The number of amides is 1. The van der Waals surface area contributed by atoms with Crippen molar-refractivity contribution >= 4 is 29.9 Å². The summed E-state index contributed by atoms with van der Waals surface area (Å²) in [6, 6.07) is 7.62. The largest absolute Gasteiger partial charge is 0.352 e. The van der Waals surface area contributed by atoms with Crippen molar-refractivity contribution in [2.24, 2.45) is 11.3 Å². The van der Waals surface area contributed by atoms with Gasteiger partial charge in [-0.15, -0.1) is 12.4 Å². The molecule has 1 atom stereocenters. The lowest BCUT2D eigenvalue weighted by atomic mass is 9.92. The molecule has 0 bridgehead atoms. The van der Waals surface area contributed by atoms with Crippen LogP contribution in [0.1, 0.15) is 24.8 Å². The maximum absolute atomic E-state index is 12.2. The number of nitrogens with one attached hydrogen (secondary N) is 2. The predicted molar refractivity (Wildman–Crippen MR) is 83.2 cm³/mol. The minimum absolute atomic E-state index is 0. The Bertz CT molecular complexity index is 469. The Labute approximate surface area is 130 Å². The number of carbonyl (C=O) groups is 1. The molecule has 1 heterocycles. The van der Waals surface area contributed by atoms with Crippen molar-refractivity contribution < 1.29 is 4.79 Å². The number of carbonyl (C=O) groups excluding carboxylic acids is 1. The van der Waals surface area contributed by atoms with Gasteiger partial charge in [-0.2, -0.15) is 0 Å². The summed E-state index contributed by atoms with van der Waals surface area (Å²) in [6.07, 6.45) is 3.36. The Morgan fingerprint density at radius 1 is 1.30 bits per heavy atom. The van der Waals surface area contributed by atoms with E-state index in [0.717, 1.165) is 42.9 Å². The molecule has 3 nitrogen and oxygen atoms in total. The third kappa shape index (κ3) is 3.27. The second-order valence-corrected chi connectivity index (χ2v) is 6.15. The lowest BCUT2D eigenvalue weighted by molar-refractivity contribution is -0.123. The van der Waals surface area contributed by atoms with Crippen LogP contribution < -0.4 is 10.6 Å². The van der Waals surface area contributed by atoms with Gasteiger partial charge in [0.05, 0.1) is 0 Å². The van der Waals surface area contributed by atoms with E-state index in [9.17, 15) is 4.79 Å². The zero-order chi connectivity index (χ0) is 13.3. The minimum Gasteiger partial charge on any atom is -0.352 e. The van der Waals surface area contributed by atoms with Gasteiger partial charge in [-0.25, -0.2) is 0 Å². The molecule has 2 N–H and O–H groups in total. The van der Waals surface area contributed by atoms with Crippen molar-refractivity contribution in [2.45, 2.75) is 25.8 Å². The zero-order valence-electron chi connectivity index (χ0n) is 11.3. The van der Waals surface area contributed by atoms with E-state index in [2.05, 4.69) is 10.6 Å². The quantitative estimate of drug-likeness (QED) is 0.900. The SMILES string of the molecule is Cl.O=C(NCc1ccc(Cl)cc1)C1CC12CCNCC2. The molecule has 0 radical (unpaired) electrons. The molecule has 110 valence electrons. The average Bonchev–Trinajstić information content (AvgIpc) is 3.12. The first-order chi connectivity index (χ1) is 9.20. The van der Waals surface area contributed by atoms with Gasteiger partial charge >= 0.3 is 0 Å². The summed E-state index contributed by atoms with van der Waals surface area (Å²) in [6.45, 7) is 2.71. The number of piperidine rings is 1. The van der Waals surface area contributed by atoms with E-state index in [4.69, 9.17) is 11.6 Å². The van der Waals surface area contributed by atoms with Crippen LogP contribution in [0.5, 0.6) is 0 Å². The third-order valence-corrected chi connectivity index (χ3v) is 4.74. The molecular formula is C15H20Cl2N2O. The summed E-state index contributed by atoms with van der Waals surface area (Å²) >= 11 is 5.84. The maximum Gasteiger partial charge on any atom is 0.223 e. The van der Waals surface area contributed by atoms with Gasteiger partial charge in [0.2, 0.25) is 5.91 Å². The van der Waals surface area contributed by atoms with Crippen LogP contribution >= 0.6 is 24.0 Å². The first-order valence-corrected chi connectivity index (χ1v) is 7.30. The van der Waals surface area contributed by atoms with E-state index < -0.39 is 0 Å². The van der Waals surface area contributed by atoms with Crippen molar-refractivity contribution in [3.63, 3.8) is 0 Å². The molecule has 1 spiro atoms. The van der Waals surface area contributed by atoms with Crippen LogP contribution in [0, 0.1) is 11.3 Å². The second kappa shape index (κ2) is 6.33. The Balaban J connectivity index is 0.00000147. The van der Waals surface area contributed by atoms with Crippen molar-refractivity contribution in [3.05, 3.63) is 34.9 Å². The van der Waals surface area contributed by atoms with Crippen LogP contribution in [0.2, 0.25) is 5.02 Å². The van der Waals surface area contributed by atoms with Crippen LogP contribution in [0.25, 0.3) is 0 Å². The summed E-state index contributed by atoms with van der Waals surface area (Å²) in [4.78, 5) is 12.2. The molecule has 20 heavy (non-hydrogen) atoms. The van der Waals surface area contributed by atoms with Crippen molar-refractivity contribution in [3.8, 4) is 0 Å². The van der Waals surface area contributed by atoms with Gasteiger partial charge in [0.15, 0.2) is 0 Å². The second-order valence-electron chi connectivity index (χ2n) is 5.71. The monoisotopic (exact) mass is 314 g/mol. The summed E-state index contributed by atoms with van der Waals surface area (Å²) in [5, 5.41) is 7.14. The van der Waals surface area contributed by atoms with E-state index in [0.29, 0.717) is 12.0 Å². The molecule has 2 aliphatic rings. The van der Waals surface area contributed by atoms with Crippen LogP contribution in [-0.4, -0.2) is 19.0 Å². The molecule has 1 unspecified atom stereocenters. The Morgan fingerprint density at radius 2 is 1.95 bits per heavy atom. The third-order valence-electron chi connectivity index (χ3n) is 4.49. The summed E-state index contributed by atoms with van der Waals surface area (Å²) in [5.41, 5.74) is 1.41. The van der Waals surface area contributed by atoms with Crippen molar-refractivity contribution in [1.82, 2.24) is 10.6 Å². The number of hydrogen-bond acceptors (Lipinski definition) is 2. The first-order valence-electron chi connectivity index (χ1n) is 6.92. The molecule has 1 aromatic carbocycles. The molecular weight excluding hydrogens is 295 g/mol. The Hall–Kier alpha value is -0.770. The fourth-order valence-electron chi connectivity index (χ4n) is 3.11. The fourth-order valence-corrected chi connectivity index (χ4v) is 3.24. The summed E-state index contributed by atoms with van der Waals surface area (Å²) in [5.74, 6) is 0.457. The van der Waals surface area contributed by atoms with Crippen LogP contribution in [0.15, 0.2) is 24.3 Å². The van der Waals surface area contributed by atoms with Gasteiger partial charge in [-0.1, -0.05) is 23.7 Å². The highest BCUT2D eigenvalue weighted by Gasteiger charge is 2.57. The minimum atomic E-state index is 0. The lowest BCUT2D eigenvalue weighted by Crippen LogP contribution is -2.33. The van der Waals surface area contributed by atoms with Gasteiger partial charge in [0, 0.05) is 17.5 Å². The highest BCUT2D eigenvalue weighted by molar-refractivity contribution is 6.30. The maximum atomic E-state index is 12.2. The van der Waals surface area contributed by atoms with E-state index in [1.165, 1.54) is 0 Å². The van der Waals surface area contributed by atoms with Crippen LogP contribution in [0.4, 0.5) is 0 Å². The van der Waals surface area contributed by atoms with Crippen molar-refractivity contribution in [2.75, 3.05) is 13.1 Å². The molecule has 2 fully saturated rings. The van der Waals surface area contributed by atoms with Crippen molar-refractivity contribution in [1.29, 1.82) is 0 Å². The molecule has 3 rings (SSSR count). The average molecular weight is 315 g/mol. The van der Waals surface area contributed by atoms with Gasteiger partial charge in [-0.3, -0.25) is 4.79 Å². The van der Waals surface area contributed by atoms with E-state index >= 15 is 0 Å². The summed E-state index contributed by atoms with van der Waals surface area (Å²) in [7, 11) is 0. The number of hydrogen-bond donors (Lipinski definition) is 2. The highest BCUT2D eigenvalue weighted by Crippen LogP contribution is 2.58. The number of benzene rings is 1.